The van der Waals surface area contributed by atoms with Gasteiger partial charge in [-0.05, 0) is 67.4 Å². The van der Waals surface area contributed by atoms with Crippen molar-refractivity contribution < 1.29 is 29.2 Å². The van der Waals surface area contributed by atoms with Crippen molar-refractivity contribution in [3.05, 3.63) is 70.6 Å². The van der Waals surface area contributed by atoms with Crippen LogP contribution in [0.4, 0.5) is 0 Å². The van der Waals surface area contributed by atoms with E-state index < -0.39 is 12.6 Å². The molecule has 2 N–H and O–H groups in total. The molecule has 0 radical (unpaired) electrons. The maximum atomic E-state index is 12.5. The van der Waals surface area contributed by atoms with Gasteiger partial charge in [-0.3, -0.25) is 4.90 Å². The lowest BCUT2D eigenvalue weighted by Gasteiger charge is -2.52. The minimum Gasteiger partial charge on any atom is -0.492 e. The van der Waals surface area contributed by atoms with E-state index in [1.54, 1.807) is 0 Å². The van der Waals surface area contributed by atoms with E-state index in [1.807, 2.05) is 0 Å². The molecule has 1 saturated carbocycles. The first kappa shape index (κ1) is 29.5. The molecule has 6 rings (SSSR count). The van der Waals surface area contributed by atoms with Crippen LogP contribution < -0.4 is 0 Å². The van der Waals surface area contributed by atoms with Gasteiger partial charge in [0.1, 0.15) is 11.3 Å². The van der Waals surface area contributed by atoms with Crippen LogP contribution in [0, 0.1) is 29.6 Å². The number of ether oxygens (including phenoxy) is 3. The van der Waals surface area contributed by atoms with Crippen molar-refractivity contribution in [2.75, 3.05) is 20.3 Å². The van der Waals surface area contributed by atoms with Crippen LogP contribution in [0.25, 0.3) is 0 Å². The molecular formula is C35H47NO6. The predicted molar refractivity (Wildman–Crippen MR) is 160 cm³/mol. The third kappa shape index (κ3) is 5.11. The number of rotatable bonds is 8. The Morgan fingerprint density at radius 1 is 1.10 bits per heavy atom. The van der Waals surface area contributed by atoms with Crippen LogP contribution in [0.5, 0.6) is 0 Å². The number of cyclic esters (lactones) is 1. The topological polar surface area (TPSA) is 88.5 Å². The van der Waals surface area contributed by atoms with Crippen LogP contribution in [0.15, 0.2) is 65.0 Å². The Bertz CT molecular complexity index is 1250. The molecule has 2 saturated heterocycles. The van der Waals surface area contributed by atoms with Crippen LogP contribution in [0.3, 0.4) is 0 Å². The van der Waals surface area contributed by atoms with Gasteiger partial charge in [0.25, 0.3) is 0 Å². The van der Waals surface area contributed by atoms with Gasteiger partial charge in [0.15, 0.2) is 11.5 Å². The smallest absolute Gasteiger partial charge is 0.345 e. The molecule has 0 amide bonds. The average Bonchev–Trinajstić information content (AvgIpc) is 3.60. The summed E-state index contributed by atoms with van der Waals surface area (Å²) in [6, 6.07) is 11.3. The molecule has 7 heteroatoms. The van der Waals surface area contributed by atoms with E-state index in [0.29, 0.717) is 35.2 Å². The van der Waals surface area contributed by atoms with Crippen molar-refractivity contribution in [3.63, 3.8) is 0 Å². The summed E-state index contributed by atoms with van der Waals surface area (Å²) in [6.07, 6.45) is 9.05. The number of hydrogen-bond acceptors (Lipinski definition) is 7. The maximum Gasteiger partial charge on any atom is 0.345 e. The van der Waals surface area contributed by atoms with E-state index in [9.17, 15) is 15.0 Å². The predicted octanol–water partition coefficient (Wildman–Crippen LogP) is 5.66. The first-order valence-electron chi connectivity index (χ1n) is 16.0. The molecule has 1 aromatic rings. The standard InChI is InChI=1S/C35H47NO6/c1-20(2)10-8-13-28(38)31-24-16-15-23(22-11-6-5-7-12-22)25(24)18-27-30-21(3)32(41-29(30)14-9-17-36(27)31)34-33(40-4)26(19-37)35(39)42-34/h5-7,11-12,14,20-21,23-25,27-28,30-31,37-38H,8-10,13,15-19H2,1-4H3/b34-32+/t21-,23-,24-,25+,27-,28-,30+,31-/m0/s1. The molecule has 42 heavy (non-hydrogen) atoms. The second-order valence-electron chi connectivity index (χ2n) is 13.4. The van der Waals surface area contributed by atoms with Crippen molar-refractivity contribution >= 4 is 5.97 Å². The monoisotopic (exact) mass is 577 g/mol. The quantitative estimate of drug-likeness (QED) is 0.386. The second-order valence-corrected chi connectivity index (χ2v) is 13.4. The Morgan fingerprint density at radius 2 is 1.88 bits per heavy atom. The summed E-state index contributed by atoms with van der Waals surface area (Å²) in [5.41, 5.74) is 1.54. The van der Waals surface area contributed by atoms with Crippen molar-refractivity contribution in [1.29, 1.82) is 0 Å². The van der Waals surface area contributed by atoms with Crippen molar-refractivity contribution in [1.82, 2.24) is 4.90 Å². The summed E-state index contributed by atoms with van der Waals surface area (Å²) in [4.78, 5) is 15.2. The number of fused-ring (bicyclic) bond motifs is 4. The molecule has 0 aromatic heterocycles. The van der Waals surface area contributed by atoms with Crippen LogP contribution in [0.2, 0.25) is 0 Å². The van der Waals surface area contributed by atoms with E-state index in [0.717, 1.165) is 57.2 Å². The van der Waals surface area contributed by atoms with E-state index in [-0.39, 0.29) is 41.4 Å². The molecule has 4 aliphatic heterocycles. The lowest BCUT2D eigenvalue weighted by molar-refractivity contribution is -0.133. The largest absolute Gasteiger partial charge is 0.492 e. The van der Waals surface area contributed by atoms with Crippen LogP contribution in [-0.4, -0.2) is 59.5 Å². The first-order chi connectivity index (χ1) is 20.3. The summed E-state index contributed by atoms with van der Waals surface area (Å²) in [5.74, 6) is 3.59. The summed E-state index contributed by atoms with van der Waals surface area (Å²) in [5, 5.41) is 21.7. The molecule has 7 nitrogen and oxygen atoms in total. The number of methoxy groups -OCH3 is 1. The average molecular weight is 578 g/mol. The normalized spacial score (nSPS) is 35.3. The fourth-order valence-corrected chi connectivity index (χ4v) is 8.89. The van der Waals surface area contributed by atoms with Crippen molar-refractivity contribution in [2.45, 2.75) is 89.8 Å². The molecule has 1 aromatic carbocycles. The maximum absolute atomic E-state index is 12.5. The summed E-state index contributed by atoms with van der Waals surface area (Å²) < 4.78 is 17.7. The zero-order valence-corrected chi connectivity index (χ0v) is 25.5. The molecule has 5 aliphatic rings. The van der Waals surface area contributed by atoms with E-state index >= 15 is 0 Å². The van der Waals surface area contributed by atoms with Crippen LogP contribution in [-0.2, 0) is 19.0 Å². The lowest BCUT2D eigenvalue weighted by atomic mass is 9.68. The third-order valence-corrected chi connectivity index (χ3v) is 10.7. The number of carbonyl (C=O) groups excluding carboxylic acids is 1. The molecule has 8 atom stereocenters. The van der Waals surface area contributed by atoms with Gasteiger partial charge in [0.05, 0.1) is 19.8 Å². The summed E-state index contributed by atoms with van der Waals surface area (Å²) in [7, 11) is 1.49. The van der Waals surface area contributed by atoms with Gasteiger partial charge >= 0.3 is 5.97 Å². The highest BCUT2D eigenvalue weighted by Crippen LogP contribution is 2.57. The summed E-state index contributed by atoms with van der Waals surface area (Å²) >= 11 is 0. The van der Waals surface area contributed by atoms with Gasteiger partial charge in [0.2, 0.25) is 5.76 Å². The SMILES string of the molecule is COC1=C(CO)C(=O)O/C1=C1/OC2=CCCN3[C@H]([C@@H](O)CCCC(C)C)[C@H]4CC[C@@H](c5ccccc5)[C@H]4C[C@H]3[C@H]2[C@@H]1C. The van der Waals surface area contributed by atoms with Gasteiger partial charge in [-0.2, -0.15) is 0 Å². The van der Waals surface area contributed by atoms with Crippen molar-refractivity contribution in [2.24, 2.45) is 29.6 Å². The molecule has 3 fully saturated rings. The first-order valence-corrected chi connectivity index (χ1v) is 16.0. The number of hydrogen-bond donors (Lipinski definition) is 2. The molecule has 4 heterocycles. The number of benzene rings is 1. The number of allylic oxidation sites excluding steroid dienone is 1. The Morgan fingerprint density at radius 3 is 2.60 bits per heavy atom. The Kier molecular flexibility index (Phi) is 8.54. The van der Waals surface area contributed by atoms with Gasteiger partial charge < -0.3 is 24.4 Å². The molecule has 0 spiro atoms. The minimum atomic E-state index is -0.586. The van der Waals surface area contributed by atoms with E-state index in [4.69, 9.17) is 14.2 Å². The number of piperidine rings is 1. The highest BCUT2D eigenvalue weighted by atomic mass is 16.6. The zero-order valence-electron chi connectivity index (χ0n) is 25.5. The van der Waals surface area contributed by atoms with Gasteiger partial charge in [-0.15, -0.1) is 0 Å². The number of esters is 1. The Labute approximate surface area is 250 Å². The zero-order chi connectivity index (χ0) is 29.5. The van der Waals surface area contributed by atoms with Crippen molar-refractivity contribution in [3.8, 4) is 0 Å². The van der Waals surface area contributed by atoms with E-state index in [1.165, 1.54) is 12.7 Å². The van der Waals surface area contributed by atoms with Gasteiger partial charge in [-0.1, -0.05) is 63.9 Å². The van der Waals surface area contributed by atoms with Crippen LogP contribution in [0.1, 0.15) is 77.2 Å². The fraction of sp³-hybridized carbons (Fsp3) is 0.629. The Hall–Kier alpha value is -2.61. The van der Waals surface area contributed by atoms with Crippen LogP contribution >= 0.6 is 0 Å². The second kappa shape index (κ2) is 12.2. The number of nitrogens with zero attached hydrogens (tertiary/aromatic N) is 1. The minimum absolute atomic E-state index is 0.0558. The highest BCUT2D eigenvalue weighted by Gasteiger charge is 2.56. The summed E-state index contributed by atoms with van der Waals surface area (Å²) in [6.45, 7) is 7.12. The van der Waals surface area contributed by atoms with Gasteiger partial charge in [-0.25, -0.2) is 4.79 Å². The van der Waals surface area contributed by atoms with E-state index in [2.05, 4.69) is 62.1 Å². The molecule has 228 valence electrons. The molecule has 0 bridgehead atoms. The Balaban J connectivity index is 1.36. The molecular weight excluding hydrogens is 530 g/mol. The number of carbonyl (C=O) groups is 1. The van der Waals surface area contributed by atoms with Gasteiger partial charge in [0, 0.05) is 30.5 Å². The number of aliphatic hydroxyl groups excluding tert-OH is 2. The highest BCUT2D eigenvalue weighted by molar-refractivity contribution is 5.94. The third-order valence-electron chi connectivity index (χ3n) is 10.7. The number of aliphatic hydroxyl groups is 2. The fourth-order valence-electron chi connectivity index (χ4n) is 8.89. The molecule has 1 aliphatic carbocycles. The molecule has 0 unspecified atom stereocenters. The lowest BCUT2D eigenvalue weighted by Crippen LogP contribution is -2.60.